The predicted molar refractivity (Wildman–Crippen MR) is 77.7 cm³/mol. The minimum atomic E-state index is -0.289. The van der Waals surface area contributed by atoms with E-state index in [0.717, 1.165) is 19.3 Å². The van der Waals surface area contributed by atoms with Gasteiger partial charge in [-0.2, -0.15) is 0 Å². The average Bonchev–Trinajstić information content (AvgIpc) is 2.47. The highest BCUT2D eigenvalue weighted by molar-refractivity contribution is 5.97. The van der Waals surface area contributed by atoms with Crippen LogP contribution in [0, 0.1) is 5.92 Å². The van der Waals surface area contributed by atoms with Gasteiger partial charge in [0.1, 0.15) is 5.75 Å². The molecule has 0 spiro atoms. The van der Waals surface area contributed by atoms with Gasteiger partial charge in [-0.3, -0.25) is 9.78 Å². The van der Waals surface area contributed by atoms with Crippen LogP contribution in [0.25, 0.3) is 0 Å². The van der Waals surface area contributed by atoms with Gasteiger partial charge in [-0.25, -0.2) is 0 Å². The molecule has 0 bridgehead atoms. The summed E-state index contributed by atoms with van der Waals surface area (Å²) >= 11 is 0. The zero-order valence-electron chi connectivity index (χ0n) is 12.2. The average molecular weight is 277 g/mol. The fraction of sp³-hybridized carbons (Fsp3) is 0.600. The molecule has 1 aromatic heterocycles. The van der Waals surface area contributed by atoms with Gasteiger partial charge in [-0.05, 0) is 24.8 Å². The second kappa shape index (κ2) is 6.22. The van der Waals surface area contributed by atoms with E-state index in [1.54, 1.807) is 18.5 Å². The summed E-state index contributed by atoms with van der Waals surface area (Å²) in [4.78, 5) is 16.5. The van der Waals surface area contributed by atoms with Crippen LogP contribution in [-0.4, -0.2) is 30.1 Å². The van der Waals surface area contributed by atoms with E-state index in [1.807, 2.05) is 0 Å². The maximum Gasteiger partial charge on any atom is 0.255 e. The molecule has 1 aliphatic rings. The fourth-order valence-corrected chi connectivity index (χ4v) is 3.05. The van der Waals surface area contributed by atoms with E-state index in [2.05, 4.69) is 17.2 Å². The van der Waals surface area contributed by atoms with Crippen molar-refractivity contribution in [2.75, 3.05) is 13.7 Å². The molecule has 0 aromatic carbocycles. The number of ether oxygens (including phenoxy) is 1. The molecule has 20 heavy (non-hydrogen) atoms. The molecule has 110 valence electrons. The predicted octanol–water partition coefficient (Wildman–Crippen LogP) is 1.73. The van der Waals surface area contributed by atoms with Crippen LogP contribution in [0.5, 0.6) is 5.75 Å². The summed E-state index contributed by atoms with van der Waals surface area (Å²) in [6.07, 6.45) is 7.32. The third-order valence-corrected chi connectivity index (χ3v) is 4.11. The standard InChI is InChI=1S/C15H23N3O2/c1-11-4-3-6-15(8-11,10-16)18-14(19)12-5-7-17-9-13(12)20-2/h5,7,9,11H,3-4,6,8,10,16H2,1-2H3,(H,18,19). The Morgan fingerprint density at radius 2 is 2.45 bits per heavy atom. The molecule has 0 radical (unpaired) electrons. The summed E-state index contributed by atoms with van der Waals surface area (Å²) in [6.45, 7) is 2.68. The molecule has 1 amide bonds. The number of rotatable bonds is 4. The van der Waals surface area contributed by atoms with Crippen molar-refractivity contribution in [1.29, 1.82) is 0 Å². The number of hydrogen-bond acceptors (Lipinski definition) is 4. The zero-order chi connectivity index (χ0) is 14.6. The van der Waals surface area contributed by atoms with Crippen molar-refractivity contribution in [1.82, 2.24) is 10.3 Å². The number of carbonyl (C=O) groups excluding carboxylic acids is 1. The van der Waals surface area contributed by atoms with Crippen molar-refractivity contribution < 1.29 is 9.53 Å². The highest BCUT2D eigenvalue weighted by Crippen LogP contribution is 2.32. The van der Waals surface area contributed by atoms with Crippen LogP contribution in [-0.2, 0) is 0 Å². The molecule has 3 N–H and O–H groups in total. The van der Waals surface area contributed by atoms with E-state index in [4.69, 9.17) is 10.5 Å². The van der Waals surface area contributed by atoms with Crippen molar-refractivity contribution in [3.05, 3.63) is 24.0 Å². The second-order valence-electron chi connectivity index (χ2n) is 5.72. The van der Waals surface area contributed by atoms with Crippen molar-refractivity contribution in [2.24, 2.45) is 11.7 Å². The van der Waals surface area contributed by atoms with Crippen LogP contribution >= 0.6 is 0 Å². The lowest BCUT2D eigenvalue weighted by molar-refractivity contribution is 0.0850. The Labute approximate surface area is 119 Å². The van der Waals surface area contributed by atoms with E-state index in [0.29, 0.717) is 23.8 Å². The van der Waals surface area contributed by atoms with E-state index in [9.17, 15) is 4.79 Å². The maximum atomic E-state index is 12.5. The van der Waals surface area contributed by atoms with Gasteiger partial charge in [0, 0.05) is 12.7 Å². The van der Waals surface area contributed by atoms with Crippen molar-refractivity contribution in [3.63, 3.8) is 0 Å². The van der Waals surface area contributed by atoms with Crippen LogP contribution in [0.3, 0.4) is 0 Å². The molecule has 1 aliphatic carbocycles. The largest absolute Gasteiger partial charge is 0.494 e. The summed E-state index contributed by atoms with van der Waals surface area (Å²) in [5.74, 6) is 0.941. The quantitative estimate of drug-likeness (QED) is 0.878. The second-order valence-corrected chi connectivity index (χ2v) is 5.72. The van der Waals surface area contributed by atoms with Crippen LogP contribution < -0.4 is 15.8 Å². The number of nitrogens with one attached hydrogen (secondary N) is 1. The molecule has 5 heteroatoms. The first-order valence-electron chi connectivity index (χ1n) is 7.11. The summed E-state index contributed by atoms with van der Waals surface area (Å²) in [6, 6.07) is 1.67. The van der Waals surface area contributed by atoms with Crippen molar-refractivity contribution in [2.45, 2.75) is 38.1 Å². The highest BCUT2D eigenvalue weighted by atomic mass is 16.5. The monoisotopic (exact) mass is 277 g/mol. The number of amides is 1. The first-order valence-corrected chi connectivity index (χ1v) is 7.11. The molecule has 5 nitrogen and oxygen atoms in total. The smallest absolute Gasteiger partial charge is 0.255 e. The number of pyridine rings is 1. The number of nitrogens with zero attached hydrogens (tertiary/aromatic N) is 1. The summed E-state index contributed by atoms with van der Waals surface area (Å²) < 4.78 is 5.19. The van der Waals surface area contributed by atoms with Gasteiger partial charge in [-0.15, -0.1) is 0 Å². The lowest BCUT2D eigenvalue weighted by Crippen LogP contribution is -2.56. The Balaban J connectivity index is 2.17. The lowest BCUT2D eigenvalue weighted by Gasteiger charge is -2.40. The molecule has 1 heterocycles. The number of nitrogens with two attached hydrogens (primary N) is 1. The van der Waals surface area contributed by atoms with Gasteiger partial charge in [0.05, 0.1) is 24.4 Å². The van der Waals surface area contributed by atoms with Gasteiger partial charge in [0.15, 0.2) is 0 Å². The van der Waals surface area contributed by atoms with Gasteiger partial charge in [0.2, 0.25) is 0 Å². The fourth-order valence-electron chi connectivity index (χ4n) is 3.05. The minimum absolute atomic E-state index is 0.135. The van der Waals surface area contributed by atoms with E-state index < -0.39 is 0 Å². The molecule has 2 unspecified atom stereocenters. The SMILES string of the molecule is COc1cnccc1C(=O)NC1(CN)CCCC(C)C1. The highest BCUT2D eigenvalue weighted by Gasteiger charge is 2.35. The number of aromatic nitrogens is 1. The third-order valence-electron chi connectivity index (χ3n) is 4.11. The Morgan fingerprint density at radius 1 is 1.65 bits per heavy atom. The Morgan fingerprint density at radius 3 is 3.10 bits per heavy atom. The van der Waals surface area contributed by atoms with Crippen LogP contribution in [0.1, 0.15) is 43.0 Å². The molecular weight excluding hydrogens is 254 g/mol. The first-order chi connectivity index (χ1) is 9.60. The molecule has 0 aliphatic heterocycles. The lowest BCUT2D eigenvalue weighted by atomic mass is 9.76. The van der Waals surface area contributed by atoms with E-state index >= 15 is 0 Å². The zero-order valence-corrected chi connectivity index (χ0v) is 12.2. The van der Waals surface area contributed by atoms with Crippen molar-refractivity contribution in [3.8, 4) is 5.75 Å². The molecule has 2 rings (SSSR count). The topological polar surface area (TPSA) is 77.2 Å². The Bertz CT molecular complexity index is 478. The van der Waals surface area contributed by atoms with E-state index in [1.165, 1.54) is 13.5 Å². The molecule has 1 saturated carbocycles. The van der Waals surface area contributed by atoms with Crippen LogP contribution in [0.2, 0.25) is 0 Å². The number of carbonyl (C=O) groups is 1. The first kappa shape index (κ1) is 14.8. The molecular formula is C15H23N3O2. The molecule has 1 aromatic rings. The van der Waals surface area contributed by atoms with Gasteiger partial charge >= 0.3 is 0 Å². The van der Waals surface area contributed by atoms with Gasteiger partial charge in [0.25, 0.3) is 5.91 Å². The Kier molecular flexibility index (Phi) is 4.60. The summed E-state index contributed by atoms with van der Waals surface area (Å²) in [5, 5.41) is 3.13. The Hall–Kier alpha value is -1.62. The van der Waals surface area contributed by atoms with Gasteiger partial charge < -0.3 is 15.8 Å². The van der Waals surface area contributed by atoms with Gasteiger partial charge in [-0.1, -0.05) is 19.8 Å². The van der Waals surface area contributed by atoms with Crippen LogP contribution in [0.15, 0.2) is 18.5 Å². The van der Waals surface area contributed by atoms with Crippen molar-refractivity contribution >= 4 is 5.91 Å². The molecule has 2 atom stereocenters. The maximum absolute atomic E-state index is 12.5. The van der Waals surface area contributed by atoms with Crippen LogP contribution in [0.4, 0.5) is 0 Å². The molecule has 0 saturated heterocycles. The third kappa shape index (κ3) is 3.10. The normalized spacial score (nSPS) is 26.1. The molecule has 1 fully saturated rings. The van der Waals surface area contributed by atoms with E-state index in [-0.39, 0.29) is 11.4 Å². The number of hydrogen-bond donors (Lipinski definition) is 2. The summed E-state index contributed by atoms with van der Waals surface area (Å²) in [7, 11) is 1.54. The minimum Gasteiger partial charge on any atom is -0.494 e. The number of methoxy groups -OCH3 is 1. The summed E-state index contributed by atoms with van der Waals surface area (Å²) in [5.41, 5.74) is 6.16.